The van der Waals surface area contributed by atoms with Crippen LogP contribution in [0.4, 0.5) is 29.1 Å². The maximum absolute atomic E-state index is 14.7. The predicted molar refractivity (Wildman–Crippen MR) is 132 cm³/mol. The van der Waals surface area contributed by atoms with E-state index in [2.05, 4.69) is 15.2 Å². The van der Waals surface area contributed by atoms with Crippen LogP contribution in [0.2, 0.25) is 0 Å². The van der Waals surface area contributed by atoms with Gasteiger partial charge in [0.05, 0.1) is 17.8 Å². The number of aryl methyl sites for hydroxylation is 1. The van der Waals surface area contributed by atoms with Crippen LogP contribution in [0.25, 0.3) is 0 Å². The van der Waals surface area contributed by atoms with Gasteiger partial charge >= 0.3 is 6.18 Å². The molecule has 37 heavy (non-hydrogen) atoms. The van der Waals surface area contributed by atoms with Gasteiger partial charge < -0.3 is 15.1 Å². The molecule has 1 aromatic heterocycles. The maximum Gasteiger partial charge on any atom is 0.419 e. The first-order chi connectivity index (χ1) is 17.6. The van der Waals surface area contributed by atoms with Gasteiger partial charge in [-0.05, 0) is 44.6 Å². The highest BCUT2D eigenvalue weighted by Gasteiger charge is 2.53. The minimum atomic E-state index is -4.79. The van der Waals surface area contributed by atoms with Crippen LogP contribution in [0.1, 0.15) is 41.6 Å². The molecule has 1 unspecified atom stereocenters. The first-order valence-electron chi connectivity index (χ1n) is 12.2. The molecular formula is C27H27F4N5O. The van der Waals surface area contributed by atoms with Crippen LogP contribution in [-0.4, -0.2) is 40.4 Å². The van der Waals surface area contributed by atoms with Gasteiger partial charge in [-0.2, -0.15) is 13.2 Å². The van der Waals surface area contributed by atoms with Gasteiger partial charge in [-0.15, -0.1) is 0 Å². The Morgan fingerprint density at radius 2 is 1.84 bits per heavy atom. The topological polar surface area (TPSA) is 61.4 Å². The minimum Gasteiger partial charge on any atom is -0.365 e. The molecule has 3 heterocycles. The molecule has 1 saturated heterocycles. The van der Waals surface area contributed by atoms with Gasteiger partial charge in [-0.25, -0.2) is 14.4 Å². The van der Waals surface area contributed by atoms with Gasteiger partial charge in [0.2, 0.25) is 5.91 Å². The second kappa shape index (κ2) is 9.41. The molecule has 6 nitrogen and oxygen atoms in total. The number of fused-ring (bicyclic) bond motifs is 2. The Labute approximate surface area is 212 Å². The lowest BCUT2D eigenvalue weighted by molar-refractivity contribution is -0.140. The highest BCUT2D eigenvalue weighted by Crippen LogP contribution is 2.44. The molecule has 1 spiro atoms. The first kappa shape index (κ1) is 25.1. The Balaban J connectivity index is 1.57. The smallest absolute Gasteiger partial charge is 0.365 e. The normalized spacial score (nSPS) is 19.9. The largest absolute Gasteiger partial charge is 0.419 e. The van der Waals surface area contributed by atoms with Gasteiger partial charge in [0.15, 0.2) is 0 Å². The fourth-order valence-corrected chi connectivity index (χ4v) is 5.33. The highest BCUT2D eigenvalue weighted by molar-refractivity contribution is 6.03. The van der Waals surface area contributed by atoms with Crippen molar-refractivity contribution in [1.29, 1.82) is 0 Å². The van der Waals surface area contributed by atoms with Gasteiger partial charge in [0.25, 0.3) is 0 Å². The molecule has 0 saturated carbocycles. The zero-order valence-electron chi connectivity index (χ0n) is 20.6. The molecule has 1 fully saturated rings. The number of para-hydroxylation sites is 1. The maximum atomic E-state index is 14.7. The van der Waals surface area contributed by atoms with Gasteiger partial charge in [-0.1, -0.05) is 37.3 Å². The lowest BCUT2D eigenvalue weighted by atomic mass is 9.76. The van der Waals surface area contributed by atoms with E-state index in [9.17, 15) is 22.4 Å². The van der Waals surface area contributed by atoms with Crippen molar-refractivity contribution in [3.8, 4) is 0 Å². The van der Waals surface area contributed by atoms with Gasteiger partial charge in [-0.3, -0.25) is 4.79 Å². The fourth-order valence-electron chi connectivity index (χ4n) is 5.33. The van der Waals surface area contributed by atoms with Crippen LogP contribution in [0, 0.1) is 12.7 Å². The Kier molecular flexibility index (Phi) is 6.39. The van der Waals surface area contributed by atoms with Crippen LogP contribution in [-0.2, 0) is 29.5 Å². The number of nitrogens with one attached hydrogen (secondary N) is 1. The number of nitrogens with zero attached hydrogens (tertiary/aromatic N) is 4. The standard InChI is InChI=1S/C27H27F4N5O/c1-3-35-13-12-26(16-35)23-20(15-36(25(26)37)19-9-5-4-6-10-19)24(34-17(2)33-23)32-14-18-8-7-11-21(22(18)28)27(29,30)31/h4-11H,3,12-16H2,1-2H3,(H,32,33,34). The molecular weight excluding hydrogens is 486 g/mol. The molecule has 1 amide bonds. The van der Waals surface area contributed by atoms with E-state index in [0.717, 1.165) is 24.8 Å². The summed E-state index contributed by atoms with van der Waals surface area (Å²) in [6, 6.07) is 12.5. The zero-order chi connectivity index (χ0) is 26.4. The van der Waals surface area contributed by atoms with E-state index in [1.807, 2.05) is 37.3 Å². The molecule has 2 aromatic carbocycles. The van der Waals surface area contributed by atoms with Crippen molar-refractivity contribution in [3.63, 3.8) is 0 Å². The third kappa shape index (κ3) is 4.43. The second-order valence-electron chi connectivity index (χ2n) is 9.50. The predicted octanol–water partition coefficient (Wildman–Crippen LogP) is 5.07. The van der Waals surface area contributed by atoms with E-state index in [1.165, 1.54) is 12.1 Å². The molecule has 1 N–H and O–H groups in total. The summed E-state index contributed by atoms with van der Waals surface area (Å²) in [5.74, 6) is -0.521. The van der Waals surface area contributed by atoms with Crippen molar-refractivity contribution in [2.24, 2.45) is 0 Å². The number of aromatic nitrogens is 2. The fraction of sp³-hybridized carbons (Fsp3) is 0.370. The number of amides is 1. The van der Waals surface area contributed by atoms with Crippen LogP contribution >= 0.6 is 0 Å². The van der Waals surface area contributed by atoms with Gasteiger partial charge in [0, 0.05) is 29.9 Å². The van der Waals surface area contributed by atoms with Crippen molar-refractivity contribution < 1.29 is 22.4 Å². The van der Waals surface area contributed by atoms with Gasteiger partial charge in [0.1, 0.15) is 22.9 Å². The summed E-state index contributed by atoms with van der Waals surface area (Å²) < 4.78 is 54.4. The Morgan fingerprint density at radius 1 is 1.08 bits per heavy atom. The number of alkyl halides is 3. The average Bonchev–Trinajstić information content (AvgIpc) is 3.31. The summed E-state index contributed by atoms with van der Waals surface area (Å²) in [6.45, 7) is 5.79. The van der Waals surface area contributed by atoms with E-state index in [-0.39, 0.29) is 24.6 Å². The third-order valence-electron chi connectivity index (χ3n) is 7.24. The minimum absolute atomic E-state index is 0.0323. The van der Waals surface area contributed by atoms with Crippen molar-refractivity contribution >= 4 is 17.4 Å². The SMILES string of the molecule is CCN1CCC2(C1)C(=O)N(c1ccccc1)Cc1c(NCc3cccc(C(F)(F)F)c3F)nc(C)nc12. The summed E-state index contributed by atoms with van der Waals surface area (Å²) in [4.78, 5) is 27.2. The van der Waals surface area contributed by atoms with E-state index in [0.29, 0.717) is 35.9 Å². The molecule has 194 valence electrons. The highest BCUT2D eigenvalue weighted by atomic mass is 19.4. The summed E-state index contributed by atoms with van der Waals surface area (Å²) in [5.41, 5.74) is -0.231. The summed E-state index contributed by atoms with van der Waals surface area (Å²) >= 11 is 0. The summed E-state index contributed by atoms with van der Waals surface area (Å²) in [6.07, 6.45) is -4.20. The molecule has 3 aromatic rings. The number of rotatable bonds is 5. The Morgan fingerprint density at radius 3 is 2.51 bits per heavy atom. The summed E-state index contributed by atoms with van der Waals surface area (Å²) in [5, 5.41) is 3.06. The molecule has 5 rings (SSSR count). The monoisotopic (exact) mass is 513 g/mol. The van der Waals surface area contributed by atoms with Crippen LogP contribution in [0.5, 0.6) is 0 Å². The number of carbonyl (C=O) groups excluding carboxylic acids is 1. The van der Waals surface area contributed by atoms with Crippen LogP contribution < -0.4 is 10.2 Å². The van der Waals surface area contributed by atoms with Crippen molar-refractivity contribution in [1.82, 2.24) is 14.9 Å². The average molecular weight is 514 g/mol. The quantitative estimate of drug-likeness (QED) is 0.483. The lowest BCUT2D eigenvalue weighted by Crippen LogP contribution is -2.53. The number of carbonyl (C=O) groups is 1. The number of likely N-dealkylation sites (tertiary alicyclic amines) is 1. The number of benzene rings is 2. The van der Waals surface area contributed by atoms with E-state index < -0.39 is 23.0 Å². The van der Waals surface area contributed by atoms with Crippen LogP contribution in [0.3, 0.4) is 0 Å². The molecule has 10 heteroatoms. The van der Waals surface area contributed by atoms with Crippen molar-refractivity contribution in [2.45, 2.75) is 44.9 Å². The molecule has 0 aliphatic carbocycles. The van der Waals surface area contributed by atoms with E-state index in [1.54, 1.807) is 11.8 Å². The Hall–Kier alpha value is -3.53. The lowest BCUT2D eigenvalue weighted by Gasteiger charge is -2.40. The molecule has 2 aliphatic heterocycles. The Bertz CT molecular complexity index is 1330. The van der Waals surface area contributed by atoms with Crippen molar-refractivity contribution in [3.05, 3.63) is 82.6 Å². The first-order valence-corrected chi connectivity index (χ1v) is 12.2. The number of anilines is 2. The number of hydrogen-bond donors (Lipinski definition) is 1. The third-order valence-corrected chi connectivity index (χ3v) is 7.24. The zero-order valence-corrected chi connectivity index (χ0v) is 20.6. The summed E-state index contributed by atoms with van der Waals surface area (Å²) in [7, 11) is 0. The van der Waals surface area contributed by atoms with Crippen LogP contribution in [0.15, 0.2) is 48.5 Å². The molecule has 2 aliphatic rings. The van der Waals surface area contributed by atoms with Crippen molar-refractivity contribution in [2.75, 3.05) is 29.9 Å². The molecule has 0 bridgehead atoms. The molecule has 0 radical (unpaired) electrons. The number of hydrogen-bond acceptors (Lipinski definition) is 5. The van der Waals surface area contributed by atoms with E-state index in [4.69, 9.17) is 4.98 Å². The number of halogens is 4. The molecule has 1 atom stereocenters. The number of likely N-dealkylation sites (N-methyl/N-ethyl adjacent to an activating group) is 1. The second-order valence-corrected chi connectivity index (χ2v) is 9.50. The van der Waals surface area contributed by atoms with E-state index >= 15 is 0 Å².